The number of amides is 2. The van der Waals surface area contributed by atoms with Gasteiger partial charge in [0.15, 0.2) is 11.5 Å². The van der Waals surface area contributed by atoms with Gasteiger partial charge in [-0.15, -0.1) is 0 Å². The molecule has 26 heavy (non-hydrogen) atoms. The van der Waals surface area contributed by atoms with Crippen LogP contribution in [0.4, 0.5) is 0 Å². The van der Waals surface area contributed by atoms with Gasteiger partial charge in [-0.25, -0.2) is 5.43 Å². The van der Waals surface area contributed by atoms with Crippen LogP contribution in [0, 0.1) is 0 Å². The molecule has 0 fully saturated rings. The molecule has 134 valence electrons. The quantitative estimate of drug-likeness (QED) is 0.573. The highest BCUT2D eigenvalue weighted by Gasteiger charge is 2.27. The molecule has 0 bridgehead atoms. The predicted octanol–water partition coefficient (Wildman–Crippen LogP) is 1.86. The topological polar surface area (TPSA) is 89.0 Å². The monoisotopic (exact) mass is 417 g/mol. The summed E-state index contributed by atoms with van der Waals surface area (Å²) in [5.74, 6) is 0.231. The second-order valence-corrected chi connectivity index (χ2v) is 6.34. The fourth-order valence-electron chi connectivity index (χ4n) is 2.20. The molecule has 0 saturated carbocycles. The summed E-state index contributed by atoms with van der Waals surface area (Å²) >= 11 is 3.34. The van der Waals surface area contributed by atoms with Gasteiger partial charge in [0, 0.05) is 4.47 Å². The van der Waals surface area contributed by atoms with Gasteiger partial charge in [-0.1, -0.05) is 40.2 Å². The minimum atomic E-state index is -0.802. The van der Waals surface area contributed by atoms with Gasteiger partial charge in [0.05, 0.1) is 12.8 Å². The highest BCUT2D eigenvalue weighted by atomic mass is 79.9. The van der Waals surface area contributed by atoms with Crippen molar-refractivity contribution < 1.29 is 19.1 Å². The van der Waals surface area contributed by atoms with Crippen LogP contribution in [-0.4, -0.2) is 37.3 Å². The third-order valence-electron chi connectivity index (χ3n) is 3.50. The minimum absolute atomic E-state index is 0.0895. The number of rotatable bonds is 5. The van der Waals surface area contributed by atoms with Gasteiger partial charge in [-0.05, 0) is 29.8 Å². The number of hydrogen-bond acceptors (Lipinski definition) is 5. The lowest BCUT2D eigenvalue weighted by atomic mass is 10.2. The van der Waals surface area contributed by atoms with Crippen molar-refractivity contribution in [1.29, 1.82) is 0 Å². The Kier molecular flexibility index (Phi) is 5.85. The molecule has 8 heteroatoms. The molecule has 0 spiro atoms. The number of hydrazone groups is 1. The minimum Gasteiger partial charge on any atom is -0.485 e. The van der Waals surface area contributed by atoms with Gasteiger partial charge in [-0.3, -0.25) is 9.59 Å². The summed E-state index contributed by atoms with van der Waals surface area (Å²) in [4.78, 5) is 23.9. The van der Waals surface area contributed by atoms with Crippen LogP contribution >= 0.6 is 15.9 Å². The first-order chi connectivity index (χ1) is 12.6. The summed E-state index contributed by atoms with van der Waals surface area (Å²) in [6.07, 6.45) is 0.713. The van der Waals surface area contributed by atoms with Crippen LogP contribution in [0.3, 0.4) is 0 Å². The molecule has 0 radical (unpaired) electrons. The molecule has 1 heterocycles. The first kappa shape index (κ1) is 17.9. The van der Waals surface area contributed by atoms with E-state index in [-0.39, 0.29) is 13.2 Å². The number of halogens is 1. The van der Waals surface area contributed by atoms with E-state index in [4.69, 9.17) is 9.47 Å². The van der Waals surface area contributed by atoms with Crippen LogP contribution in [0.2, 0.25) is 0 Å². The van der Waals surface area contributed by atoms with Crippen LogP contribution in [0.5, 0.6) is 11.5 Å². The average Bonchev–Trinajstić information content (AvgIpc) is 2.67. The smallest absolute Gasteiger partial charge is 0.265 e. The number of fused-ring (bicyclic) bond motifs is 1. The number of nitrogens with zero attached hydrogens (tertiary/aromatic N) is 1. The molecule has 0 aromatic heterocycles. The third-order valence-corrected chi connectivity index (χ3v) is 4.03. The molecule has 1 aliphatic heterocycles. The molecule has 2 N–H and O–H groups in total. The van der Waals surface area contributed by atoms with Gasteiger partial charge >= 0.3 is 0 Å². The Bertz CT molecular complexity index is 823. The molecule has 0 unspecified atom stereocenters. The molecule has 2 aromatic rings. The first-order valence-corrected chi connectivity index (χ1v) is 8.65. The van der Waals surface area contributed by atoms with Crippen LogP contribution < -0.4 is 20.2 Å². The molecule has 2 aromatic carbocycles. The van der Waals surface area contributed by atoms with Crippen LogP contribution in [0.1, 0.15) is 5.56 Å². The molecule has 3 rings (SSSR count). The van der Waals surface area contributed by atoms with Gasteiger partial charge in [0.2, 0.25) is 6.10 Å². The molecule has 2 amide bonds. The lowest BCUT2D eigenvalue weighted by Crippen LogP contribution is -2.46. The van der Waals surface area contributed by atoms with Gasteiger partial charge < -0.3 is 14.8 Å². The first-order valence-electron chi connectivity index (χ1n) is 7.85. The fraction of sp³-hybridized carbons (Fsp3) is 0.167. The maximum atomic E-state index is 12.1. The number of ether oxygens (including phenoxy) is 2. The third kappa shape index (κ3) is 4.82. The van der Waals surface area contributed by atoms with E-state index in [0.29, 0.717) is 11.5 Å². The Morgan fingerprint density at radius 3 is 2.65 bits per heavy atom. The summed E-state index contributed by atoms with van der Waals surface area (Å²) in [7, 11) is 0. The zero-order valence-electron chi connectivity index (χ0n) is 13.6. The zero-order valence-corrected chi connectivity index (χ0v) is 15.2. The van der Waals surface area contributed by atoms with Crippen molar-refractivity contribution in [3.05, 3.63) is 58.6 Å². The largest absolute Gasteiger partial charge is 0.485 e. The van der Waals surface area contributed by atoms with Crippen molar-refractivity contribution >= 4 is 34.0 Å². The highest BCUT2D eigenvalue weighted by Crippen LogP contribution is 2.30. The van der Waals surface area contributed by atoms with Crippen molar-refractivity contribution in [2.75, 3.05) is 13.2 Å². The van der Waals surface area contributed by atoms with Crippen LogP contribution in [0.15, 0.2) is 58.1 Å². The maximum absolute atomic E-state index is 12.1. The van der Waals surface area contributed by atoms with Crippen molar-refractivity contribution in [2.45, 2.75) is 6.10 Å². The lowest BCUT2D eigenvalue weighted by molar-refractivity contribution is -0.132. The number of nitrogens with one attached hydrogen (secondary N) is 2. The molecule has 0 aliphatic carbocycles. The number of carbonyl (C=O) groups excluding carboxylic acids is 2. The lowest BCUT2D eigenvalue weighted by Gasteiger charge is -2.25. The summed E-state index contributed by atoms with van der Waals surface area (Å²) in [6.45, 7) is -0.121. The van der Waals surface area contributed by atoms with E-state index in [0.717, 1.165) is 10.0 Å². The fourth-order valence-corrected chi connectivity index (χ4v) is 2.46. The van der Waals surface area contributed by atoms with Crippen molar-refractivity contribution in [3.8, 4) is 11.5 Å². The second-order valence-electron chi connectivity index (χ2n) is 5.43. The summed E-state index contributed by atoms with van der Waals surface area (Å²) in [6, 6.07) is 14.5. The number of carbonyl (C=O) groups is 2. The average molecular weight is 418 g/mol. The number of hydrogen-bond donors (Lipinski definition) is 2. The summed E-state index contributed by atoms with van der Waals surface area (Å²) < 4.78 is 12.0. The van der Waals surface area contributed by atoms with E-state index in [1.54, 1.807) is 18.2 Å². The van der Waals surface area contributed by atoms with Gasteiger partial charge in [-0.2, -0.15) is 5.10 Å². The molecule has 1 aliphatic rings. The Morgan fingerprint density at radius 1 is 1.15 bits per heavy atom. The van der Waals surface area contributed by atoms with E-state index in [1.165, 1.54) is 6.21 Å². The SMILES string of the molecule is O=C(CNC(=O)[C@H]1COc2ccccc2O1)N/N=C/c1ccc(Br)cc1. The number of benzene rings is 2. The van der Waals surface area contributed by atoms with E-state index < -0.39 is 17.9 Å². The maximum Gasteiger partial charge on any atom is 0.265 e. The van der Waals surface area contributed by atoms with Crippen LogP contribution in [-0.2, 0) is 9.59 Å². The zero-order chi connectivity index (χ0) is 18.4. The molecule has 7 nitrogen and oxygen atoms in total. The van der Waals surface area contributed by atoms with Gasteiger partial charge in [0.1, 0.15) is 6.61 Å². The predicted molar refractivity (Wildman–Crippen MR) is 99.2 cm³/mol. The number of para-hydroxylation sites is 2. The van der Waals surface area contributed by atoms with E-state index >= 15 is 0 Å². The van der Waals surface area contributed by atoms with Crippen molar-refractivity contribution in [2.24, 2.45) is 5.10 Å². The van der Waals surface area contributed by atoms with E-state index in [2.05, 4.69) is 31.8 Å². The van der Waals surface area contributed by atoms with E-state index in [1.807, 2.05) is 30.3 Å². The molecular formula is C18H16BrN3O4. The summed E-state index contributed by atoms with van der Waals surface area (Å²) in [5.41, 5.74) is 3.19. The highest BCUT2D eigenvalue weighted by molar-refractivity contribution is 9.10. The van der Waals surface area contributed by atoms with Gasteiger partial charge in [0.25, 0.3) is 11.8 Å². The standard InChI is InChI=1S/C18H16BrN3O4/c19-13-7-5-12(6-8-13)9-21-22-17(23)10-20-18(24)16-11-25-14-3-1-2-4-15(14)26-16/h1-9,16H,10-11H2,(H,20,24)(H,22,23)/b21-9+/t16-/m1/s1. The molecular weight excluding hydrogens is 402 g/mol. The Morgan fingerprint density at radius 2 is 1.88 bits per heavy atom. The molecule has 1 atom stereocenters. The molecule has 0 saturated heterocycles. The Labute approximate surface area is 158 Å². The second kappa shape index (κ2) is 8.48. The normalized spacial score (nSPS) is 15.5. The summed E-state index contributed by atoms with van der Waals surface area (Å²) in [5, 5.41) is 6.35. The van der Waals surface area contributed by atoms with Crippen LogP contribution in [0.25, 0.3) is 0 Å². The van der Waals surface area contributed by atoms with Crippen molar-refractivity contribution in [3.63, 3.8) is 0 Å². The van der Waals surface area contributed by atoms with Crippen molar-refractivity contribution in [1.82, 2.24) is 10.7 Å². The van der Waals surface area contributed by atoms with E-state index in [9.17, 15) is 9.59 Å². The Hall–Kier alpha value is -2.87. The Balaban J connectivity index is 1.43.